The number of ether oxygens (including phenoxy) is 1. The average Bonchev–Trinajstić information content (AvgIpc) is 2.84. The van der Waals surface area contributed by atoms with Gasteiger partial charge in [-0.3, -0.25) is 0 Å². The van der Waals surface area contributed by atoms with E-state index in [2.05, 4.69) is 18.8 Å². The molecule has 1 aromatic heterocycles. The molecule has 96 valence electrons. The van der Waals surface area contributed by atoms with Crippen LogP contribution >= 0.6 is 0 Å². The van der Waals surface area contributed by atoms with Gasteiger partial charge in [0.1, 0.15) is 11.9 Å². The molecule has 2 rings (SSSR count). The van der Waals surface area contributed by atoms with Gasteiger partial charge in [0.05, 0.1) is 12.9 Å². The number of hydrogen-bond donors (Lipinski definition) is 1. The van der Waals surface area contributed by atoms with Crippen LogP contribution in [0.4, 0.5) is 5.69 Å². The smallest absolute Gasteiger partial charge is 0.119 e. The lowest BCUT2D eigenvalue weighted by atomic mass is 10.1. The number of rotatable bonds is 5. The number of imidazole rings is 1. The van der Waals surface area contributed by atoms with Gasteiger partial charge in [0.25, 0.3) is 0 Å². The van der Waals surface area contributed by atoms with Crippen molar-refractivity contribution < 1.29 is 4.74 Å². The Morgan fingerprint density at radius 2 is 2.00 bits per heavy atom. The summed E-state index contributed by atoms with van der Waals surface area (Å²) >= 11 is 0. The highest BCUT2D eigenvalue weighted by atomic mass is 16.5. The highest BCUT2D eigenvalue weighted by Gasteiger charge is 2.15. The van der Waals surface area contributed by atoms with Crippen LogP contribution in [0, 0.1) is 5.92 Å². The van der Waals surface area contributed by atoms with E-state index in [1.807, 2.05) is 41.4 Å². The second-order valence-corrected chi connectivity index (χ2v) is 4.73. The van der Waals surface area contributed by atoms with E-state index in [9.17, 15) is 0 Å². The summed E-state index contributed by atoms with van der Waals surface area (Å²) in [5, 5.41) is 0. The largest absolute Gasteiger partial charge is 0.488 e. The monoisotopic (exact) mass is 245 g/mol. The van der Waals surface area contributed by atoms with Gasteiger partial charge in [-0.05, 0) is 30.2 Å². The molecular formula is C14H19N3O. The third-order valence-electron chi connectivity index (χ3n) is 2.86. The molecule has 0 fully saturated rings. The summed E-state index contributed by atoms with van der Waals surface area (Å²) in [4.78, 5) is 4.04. The Morgan fingerprint density at radius 3 is 2.56 bits per heavy atom. The van der Waals surface area contributed by atoms with Crippen LogP contribution < -0.4 is 10.5 Å². The maximum Gasteiger partial charge on any atom is 0.119 e. The number of hydrogen-bond acceptors (Lipinski definition) is 3. The number of nitrogens with two attached hydrogens (primary N) is 1. The van der Waals surface area contributed by atoms with Crippen LogP contribution in [-0.4, -0.2) is 15.7 Å². The first-order chi connectivity index (χ1) is 8.65. The quantitative estimate of drug-likeness (QED) is 0.824. The van der Waals surface area contributed by atoms with E-state index in [1.165, 1.54) is 0 Å². The second-order valence-electron chi connectivity index (χ2n) is 4.73. The van der Waals surface area contributed by atoms with E-state index in [0.29, 0.717) is 5.92 Å². The summed E-state index contributed by atoms with van der Waals surface area (Å²) in [6, 6.07) is 7.51. The molecule has 0 aliphatic carbocycles. The Balaban J connectivity index is 2.04. The first-order valence-corrected chi connectivity index (χ1v) is 6.13. The maximum absolute atomic E-state index is 6.00. The van der Waals surface area contributed by atoms with Gasteiger partial charge in [-0.2, -0.15) is 0 Å². The first kappa shape index (κ1) is 12.5. The molecule has 0 spiro atoms. The topological polar surface area (TPSA) is 53.1 Å². The van der Waals surface area contributed by atoms with Crippen LogP contribution in [0.1, 0.15) is 13.8 Å². The Bertz CT molecular complexity index is 462. The van der Waals surface area contributed by atoms with Crippen molar-refractivity contribution in [1.82, 2.24) is 9.55 Å². The highest BCUT2D eigenvalue weighted by molar-refractivity contribution is 5.41. The van der Waals surface area contributed by atoms with Gasteiger partial charge in [-0.1, -0.05) is 13.8 Å². The molecule has 1 heterocycles. The summed E-state index contributed by atoms with van der Waals surface area (Å²) in [7, 11) is 0. The molecule has 1 aromatic carbocycles. The zero-order valence-corrected chi connectivity index (χ0v) is 10.8. The van der Waals surface area contributed by atoms with Gasteiger partial charge in [0.15, 0.2) is 0 Å². The number of nitrogen functional groups attached to an aromatic ring is 1. The molecule has 2 aromatic rings. The third kappa shape index (κ3) is 3.26. The predicted octanol–water partition coefficient (Wildman–Crippen LogP) is 2.57. The van der Waals surface area contributed by atoms with Crippen molar-refractivity contribution in [3.8, 4) is 5.75 Å². The van der Waals surface area contributed by atoms with E-state index in [4.69, 9.17) is 10.5 Å². The molecule has 0 saturated carbocycles. The van der Waals surface area contributed by atoms with Crippen LogP contribution in [0.2, 0.25) is 0 Å². The van der Waals surface area contributed by atoms with Crippen molar-refractivity contribution in [2.45, 2.75) is 26.5 Å². The average molecular weight is 245 g/mol. The molecule has 0 aliphatic rings. The van der Waals surface area contributed by atoms with Crippen molar-refractivity contribution >= 4 is 5.69 Å². The zero-order valence-electron chi connectivity index (χ0n) is 10.8. The highest BCUT2D eigenvalue weighted by Crippen LogP contribution is 2.18. The SMILES string of the molecule is CC(C)C(Cn1ccnc1)Oc1ccc(N)cc1. The molecule has 1 unspecified atom stereocenters. The minimum absolute atomic E-state index is 0.114. The standard InChI is InChI=1S/C14H19N3O/c1-11(2)14(9-17-8-7-16-10-17)18-13-5-3-12(15)4-6-13/h3-8,10-11,14H,9,15H2,1-2H3. The predicted molar refractivity (Wildman–Crippen MR) is 72.3 cm³/mol. The fourth-order valence-electron chi connectivity index (χ4n) is 1.71. The summed E-state index contributed by atoms with van der Waals surface area (Å²) < 4.78 is 8.03. The molecule has 4 nitrogen and oxygen atoms in total. The van der Waals surface area contributed by atoms with E-state index in [1.54, 1.807) is 6.20 Å². The number of aromatic nitrogens is 2. The van der Waals surface area contributed by atoms with Crippen molar-refractivity contribution in [1.29, 1.82) is 0 Å². The van der Waals surface area contributed by atoms with Gasteiger partial charge in [0.2, 0.25) is 0 Å². The second kappa shape index (κ2) is 5.58. The summed E-state index contributed by atoms with van der Waals surface area (Å²) in [6.07, 6.45) is 5.65. The number of benzene rings is 1. The fourth-order valence-corrected chi connectivity index (χ4v) is 1.71. The van der Waals surface area contributed by atoms with Crippen molar-refractivity contribution in [2.75, 3.05) is 5.73 Å². The normalized spacial score (nSPS) is 12.6. The molecule has 0 amide bonds. The Morgan fingerprint density at radius 1 is 1.28 bits per heavy atom. The minimum atomic E-state index is 0.114. The molecule has 0 bridgehead atoms. The molecular weight excluding hydrogens is 226 g/mol. The van der Waals surface area contributed by atoms with Crippen LogP contribution in [0.5, 0.6) is 5.75 Å². The maximum atomic E-state index is 6.00. The van der Waals surface area contributed by atoms with E-state index < -0.39 is 0 Å². The summed E-state index contributed by atoms with van der Waals surface area (Å²) in [5.74, 6) is 1.27. The minimum Gasteiger partial charge on any atom is -0.488 e. The molecule has 18 heavy (non-hydrogen) atoms. The number of anilines is 1. The molecule has 1 atom stereocenters. The zero-order chi connectivity index (χ0) is 13.0. The first-order valence-electron chi connectivity index (χ1n) is 6.13. The fraction of sp³-hybridized carbons (Fsp3) is 0.357. The molecule has 0 aliphatic heterocycles. The van der Waals surface area contributed by atoms with E-state index in [-0.39, 0.29) is 6.10 Å². The Hall–Kier alpha value is -1.97. The van der Waals surface area contributed by atoms with Crippen LogP contribution in [0.15, 0.2) is 43.0 Å². The van der Waals surface area contributed by atoms with Crippen LogP contribution in [0.3, 0.4) is 0 Å². The molecule has 2 N–H and O–H groups in total. The van der Waals surface area contributed by atoms with Gasteiger partial charge in [-0.25, -0.2) is 4.98 Å². The van der Waals surface area contributed by atoms with Gasteiger partial charge in [-0.15, -0.1) is 0 Å². The summed E-state index contributed by atoms with van der Waals surface area (Å²) in [6.45, 7) is 5.10. The molecule has 4 heteroatoms. The molecule has 0 saturated heterocycles. The van der Waals surface area contributed by atoms with Crippen LogP contribution in [0.25, 0.3) is 0 Å². The Kier molecular flexibility index (Phi) is 3.87. The number of nitrogens with zero attached hydrogens (tertiary/aromatic N) is 2. The lowest BCUT2D eigenvalue weighted by Gasteiger charge is -2.23. The third-order valence-corrected chi connectivity index (χ3v) is 2.86. The van der Waals surface area contributed by atoms with Crippen molar-refractivity contribution in [3.05, 3.63) is 43.0 Å². The van der Waals surface area contributed by atoms with Crippen LogP contribution in [-0.2, 0) is 6.54 Å². The Labute approximate surface area is 107 Å². The van der Waals surface area contributed by atoms with E-state index >= 15 is 0 Å². The van der Waals surface area contributed by atoms with Gasteiger partial charge in [0, 0.05) is 18.1 Å². The van der Waals surface area contributed by atoms with Gasteiger partial charge >= 0.3 is 0 Å². The van der Waals surface area contributed by atoms with Crippen molar-refractivity contribution in [2.24, 2.45) is 5.92 Å². The summed E-state index contributed by atoms with van der Waals surface area (Å²) in [5.41, 5.74) is 6.41. The van der Waals surface area contributed by atoms with E-state index in [0.717, 1.165) is 18.0 Å². The van der Waals surface area contributed by atoms with Crippen molar-refractivity contribution in [3.63, 3.8) is 0 Å². The lowest BCUT2D eigenvalue weighted by molar-refractivity contribution is 0.132. The molecule has 0 radical (unpaired) electrons. The van der Waals surface area contributed by atoms with Gasteiger partial charge < -0.3 is 15.0 Å². The lowest BCUT2D eigenvalue weighted by Crippen LogP contribution is -2.28.